The highest BCUT2D eigenvalue weighted by Crippen LogP contribution is 2.27. The van der Waals surface area contributed by atoms with Crippen LogP contribution >= 0.6 is 11.6 Å². The maximum absolute atomic E-state index is 10.5. The Morgan fingerprint density at radius 1 is 1.08 bits per heavy atom. The minimum atomic E-state index is -0.941. The fourth-order valence-electron chi connectivity index (χ4n) is 2.20. The molecule has 6 heteroatoms. The van der Waals surface area contributed by atoms with E-state index in [1.165, 1.54) is 0 Å². The highest BCUT2D eigenvalue weighted by atomic mass is 35.5. The smallest absolute Gasteiger partial charge is 0.227 e. The molecule has 1 atom stereocenters. The lowest BCUT2D eigenvalue weighted by atomic mass is 10.1. The van der Waals surface area contributed by atoms with E-state index in [0.717, 1.165) is 5.69 Å². The van der Waals surface area contributed by atoms with Crippen molar-refractivity contribution in [2.45, 2.75) is 6.10 Å². The lowest BCUT2D eigenvalue weighted by Gasteiger charge is -2.13. The number of nitriles is 1. The number of nitrogens with one attached hydrogen (secondary N) is 1. The molecule has 3 rings (SSSR count). The third-order valence-corrected chi connectivity index (χ3v) is 3.77. The van der Waals surface area contributed by atoms with Gasteiger partial charge < -0.3 is 10.4 Å². The normalized spacial score (nSPS) is 11.5. The molecule has 0 aliphatic carbocycles. The Kier molecular flexibility index (Phi) is 4.71. The SMILES string of the molecule is N#Cc1ccc(Nc2nccc([C@@H](O)c3ccccc3Cl)n2)cc1. The first-order chi connectivity index (χ1) is 11.7. The second-order valence-corrected chi connectivity index (χ2v) is 5.45. The summed E-state index contributed by atoms with van der Waals surface area (Å²) in [5.41, 5.74) is 2.35. The second kappa shape index (κ2) is 7.09. The van der Waals surface area contributed by atoms with Crippen molar-refractivity contribution in [1.29, 1.82) is 5.26 Å². The summed E-state index contributed by atoms with van der Waals surface area (Å²) in [6, 6.07) is 17.7. The number of hydrogen-bond donors (Lipinski definition) is 2. The molecule has 0 bridgehead atoms. The zero-order chi connectivity index (χ0) is 16.9. The van der Waals surface area contributed by atoms with Crippen molar-refractivity contribution in [3.8, 4) is 6.07 Å². The van der Waals surface area contributed by atoms with E-state index >= 15 is 0 Å². The van der Waals surface area contributed by atoms with Crippen LogP contribution in [-0.2, 0) is 0 Å². The van der Waals surface area contributed by atoms with Crippen molar-refractivity contribution < 1.29 is 5.11 Å². The molecule has 0 aliphatic heterocycles. The minimum absolute atomic E-state index is 0.350. The van der Waals surface area contributed by atoms with Crippen LogP contribution in [0.25, 0.3) is 0 Å². The van der Waals surface area contributed by atoms with Crippen molar-refractivity contribution in [3.05, 3.63) is 82.6 Å². The number of hydrogen-bond acceptors (Lipinski definition) is 5. The number of anilines is 2. The highest BCUT2D eigenvalue weighted by Gasteiger charge is 2.15. The Morgan fingerprint density at radius 2 is 1.83 bits per heavy atom. The number of aromatic nitrogens is 2. The number of rotatable bonds is 4. The van der Waals surface area contributed by atoms with E-state index < -0.39 is 6.10 Å². The summed E-state index contributed by atoms with van der Waals surface area (Å²) >= 11 is 6.12. The molecule has 24 heavy (non-hydrogen) atoms. The van der Waals surface area contributed by atoms with Gasteiger partial charge >= 0.3 is 0 Å². The maximum atomic E-state index is 10.5. The van der Waals surface area contributed by atoms with Gasteiger partial charge in [-0.25, -0.2) is 9.97 Å². The van der Waals surface area contributed by atoms with Gasteiger partial charge in [0.05, 0.1) is 17.3 Å². The average molecular weight is 337 g/mol. The molecule has 0 saturated carbocycles. The van der Waals surface area contributed by atoms with Crippen LogP contribution in [0.4, 0.5) is 11.6 Å². The molecule has 1 aromatic heterocycles. The van der Waals surface area contributed by atoms with E-state index in [1.54, 1.807) is 54.7 Å². The molecule has 0 saturated heterocycles. The quantitative estimate of drug-likeness (QED) is 0.756. The second-order valence-electron chi connectivity index (χ2n) is 5.04. The summed E-state index contributed by atoms with van der Waals surface area (Å²) in [4.78, 5) is 8.48. The molecule has 118 valence electrons. The molecule has 0 radical (unpaired) electrons. The fraction of sp³-hybridized carbons (Fsp3) is 0.0556. The number of aliphatic hydroxyl groups excluding tert-OH is 1. The number of halogens is 1. The Balaban J connectivity index is 1.83. The van der Waals surface area contributed by atoms with Gasteiger partial charge in [0.1, 0.15) is 6.10 Å². The summed E-state index contributed by atoms with van der Waals surface area (Å²) in [6.45, 7) is 0. The molecule has 0 unspecified atom stereocenters. The number of nitrogens with zero attached hydrogens (tertiary/aromatic N) is 3. The van der Waals surface area contributed by atoms with Crippen molar-refractivity contribution >= 4 is 23.2 Å². The molecule has 0 aliphatic rings. The van der Waals surface area contributed by atoms with Crippen molar-refractivity contribution in [2.24, 2.45) is 0 Å². The zero-order valence-corrected chi connectivity index (χ0v) is 13.3. The van der Waals surface area contributed by atoms with E-state index in [9.17, 15) is 5.11 Å². The third-order valence-electron chi connectivity index (χ3n) is 3.43. The molecular weight excluding hydrogens is 324 g/mol. The van der Waals surface area contributed by atoms with E-state index in [0.29, 0.717) is 27.8 Å². The van der Waals surface area contributed by atoms with Gasteiger partial charge in [0.15, 0.2) is 0 Å². The van der Waals surface area contributed by atoms with Gasteiger partial charge in [0.2, 0.25) is 5.95 Å². The summed E-state index contributed by atoms with van der Waals surface area (Å²) in [7, 11) is 0. The Hall–Kier alpha value is -2.94. The monoisotopic (exact) mass is 336 g/mol. The predicted molar refractivity (Wildman–Crippen MR) is 92.0 cm³/mol. The van der Waals surface area contributed by atoms with Crippen LogP contribution in [0.2, 0.25) is 5.02 Å². The number of benzene rings is 2. The first-order valence-electron chi connectivity index (χ1n) is 7.20. The molecule has 1 heterocycles. The van der Waals surface area contributed by atoms with E-state index in [-0.39, 0.29) is 0 Å². The molecular formula is C18H13ClN4O. The van der Waals surface area contributed by atoms with Crippen LogP contribution in [0.1, 0.15) is 22.9 Å². The highest BCUT2D eigenvalue weighted by molar-refractivity contribution is 6.31. The zero-order valence-electron chi connectivity index (χ0n) is 12.5. The predicted octanol–water partition coefficient (Wildman–Crippen LogP) is 3.83. The van der Waals surface area contributed by atoms with Gasteiger partial charge in [-0.2, -0.15) is 5.26 Å². The molecule has 0 spiro atoms. The summed E-state index contributed by atoms with van der Waals surface area (Å²) in [5, 5.41) is 22.8. The van der Waals surface area contributed by atoms with E-state index in [4.69, 9.17) is 16.9 Å². The van der Waals surface area contributed by atoms with Gasteiger partial charge in [-0.15, -0.1) is 0 Å². The minimum Gasteiger partial charge on any atom is -0.382 e. The average Bonchev–Trinajstić information content (AvgIpc) is 2.62. The number of aliphatic hydroxyl groups is 1. The molecule has 2 aromatic carbocycles. The molecule has 3 aromatic rings. The Morgan fingerprint density at radius 3 is 2.54 bits per heavy atom. The van der Waals surface area contributed by atoms with Crippen LogP contribution in [0.5, 0.6) is 0 Å². The lowest BCUT2D eigenvalue weighted by Crippen LogP contribution is -2.06. The largest absolute Gasteiger partial charge is 0.382 e. The molecule has 0 fully saturated rings. The van der Waals surface area contributed by atoms with E-state index in [1.807, 2.05) is 6.07 Å². The van der Waals surface area contributed by atoms with Gasteiger partial charge in [0, 0.05) is 22.5 Å². The van der Waals surface area contributed by atoms with Gasteiger partial charge in [0.25, 0.3) is 0 Å². The first-order valence-corrected chi connectivity index (χ1v) is 7.58. The van der Waals surface area contributed by atoms with Crippen LogP contribution in [0.3, 0.4) is 0 Å². The summed E-state index contributed by atoms with van der Waals surface area (Å²) < 4.78 is 0. The van der Waals surface area contributed by atoms with Crippen LogP contribution in [0, 0.1) is 11.3 Å². The standard InChI is InChI=1S/C18H13ClN4O/c19-15-4-2-1-3-14(15)17(24)16-9-10-21-18(23-16)22-13-7-5-12(11-20)6-8-13/h1-10,17,24H,(H,21,22,23)/t17-/m0/s1. The topological polar surface area (TPSA) is 81.8 Å². The van der Waals surface area contributed by atoms with Crippen LogP contribution in [-0.4, -0.2) is 15.1 Å². The lowest BCUT2D eigenvalue weighted by molar-refractivity contribution is 0.215. The summed E-state index contributed by atoms with van der Waals surface area (Å²) in [5.74, 6) is 0.350. The van der Waals surface area contributed by atoms with Crippen LogP contribution < -0.4 is 5.32 Å². The van der Waals surface area contributed by atoms with Gasteiger partial charge in [-0.05, 0) is 36.4 Å². The first kappa shape index (κ1) is 15.9. The van der Waals surface area contributed by atoms with Gasteiger partial charge in [-0.1, -0.05) is 29.8 Å². The Bertz CT molecular complexity index is 890. The summed E-state index contributed by atoms with van der Waals surface area (Å²) in [6.07, 6.45) is 0.622. The van der Waals surface area contributed by atoms with Crippen LogP contribution in [0.15, 0.2) is 60.8 Å². The molecule has 5 nitrogen and oxygen atoms in total. The van der Waals surface area contributed by atoms with Crippen molar-refractivity contribution in [2.75, 3.05) is 5.32 Å². The Labute approximate surface area is 144 Å². The maximum Gasteiger partial charge on any atom is 0.227 e. The molecule has 2 N–H and O–H groups in total. The van der Waals surface area contributed by atoms with E-state index in [2.05, 4.69) is 21.4 Å². The van der Waals surface area contributed by atoms with Crippen molar-refractivity contribution in [1.82, 2.24) is 9.97 Å². The fourth-order valence-corrected chi connectivity index (χ4v) is 2.44. The van der Waals surface area contributed by atoms with Crippen molar-refractivity contribution in [3.63, 3.8) is 0 Å². The third kappa shape index (κ3) is 3.51. The van der Waals surface area contributed by atoms with Gasteiger partial charge in [-0.3, -0.25) is 0 Å². The molecule has 0 amide bonds.